The van der Waals surface area contributed by atoms with Crippen molar-refractivity contribution in [3.8, 4) is 21.9 Å². The molecule has 1 saturated heterocycles. The number of benzene rings is 3. The van der Waals surface area contributed by atoms with Crippen molar-refractivity contribution in [1.82, 2.24) is 35.0 Å². The Balaban J connectivity index is 0.678. The van der Waals surface area contributed by atoms with Gasteiger partial charge in [0.2, 0.25) is 23.7 Å². The minimum absolute atomic E-state index is 0.130. The molecule has 3 aromatic carbocycles. The quantitative estimate of drug-likeness (QED) is 0.0356. The second-order valence-corrected chi connectivity index (χ2v) is 22.4. The maximum Gasteiger partial charge on any atom is 0.255 e. The van der Waals surface area contributed by atoms with Crippen LogP contribution in [0.25, 0.3) is 10.4 Å². The van der Waals surface area contributed by atoms with E-state index in [4.69, 9.17) is 18.9 Å². The van der Waals surface area contributed by atoms with Gasteiger partial charge in [0, 0.05) is 95.1 Å². The Morgan fingerprint density at radius 3 is 2.29 bits per heavy atom. The van der Waals surface area contributed by atoms with Crippen LogP contribution in [0.2, 0.25) is 0 Å². The molecule has 4 heterocycles. The van der Waals surface area contributed by atoms with E-state index in [1.807, 2.05) is 105 Å². The van der Waals surface area contributed by atoms with Gasteiger partial charge in [-0.25, -0.2) is 9.97 Å². The van der Waals surface area contributed by atoms with E-state index in [9.17, 15) is 19.2 Å². The third-order valence-corrected chi connectivity index (χ3v) is 16.1. The summed E-state index contributed by atoms with van der Waals surface area (Å²) in [7, 11) is 1.89. The highest BCUT2D eigenvalue weighted by Gasteiger charge is 2.44. The maximum absolute atomic E-state index is 14.2. The van der Waals surface area contributed by atoms with Crippen molar-refractivity contribution in [2.75, 3.05) is 77.0 Å². The Hall–Kier alpha value is -6.15. The molecule has 1 aliphatic carbocycles. The maximum atomic E-state index is 14.2. The van der Waals surface area contributed by atoms with Crippen molar-refractivity contribution in [3.05, 3.63) is 105 Å². The molecule has 1 saturated carbocycles. The first-order valence-electron chi connectivity index (χ1n) is 27.7. The predicted molar refractivity (Wildman–Crippen MR) is 307 cm³/mol. The number of hydrogen-bond donors (Lipinski definition) is 3. The molecule has 19 heteroatoms. The van der Waals surface area contributed by atoms with E-state index in [1.54, 1.807) is 27.3 Å². The first kappa shape index (κ1) is 58.0. The Kier molecular flexibility index (Phi) is 21.7. The lowest BCUT2D eigenvalue weighted by Crippen LogP contribution is -2.55. The number of ether oxygens (including phenoxy) is 4. The van der Waals surface area contributed by atoms with Gasteiger partial charge in [-0.2, -0.15) is 4.98 Å². The molecule has 2 aromatic heterocycles. The first-order chi connectivity index (χ1) is 37.9. The van der Waals surface area contributed by atoms with E-state index in [0.717, 1.165) is 101 Å². The van der Waals surface area contributed by atoms with E-state index in [1.165, 1.54) is 0 Å². The zero-order chi connectivity index (χ0) is 54.8. The SMILES string of the molecule is Cc1ncsc1-c1ccc(CNC(=O)[C@@H]2CCCN2C(=O)C(C(C)C)N2Cc3ccccc3C2=O)c(OCCCCOCCCOCCCCOc2ccc(Nc3ncc(Br)c(NCCCN(C)C(=O)C4CCC4)n3)cc2)c1. The summed E-state index contributed by atoms with van der Waals surface area (Å²) in [5.74, 6) is 2.47. The number of hydrogen-bond acceptors (Lipinski definition) is 14. The molecular weight excluding hydrogens is 1070 g/mol. The fourth-order valence-electron chi connectivity index (χ4n) is 9.97. The number of likely N-dealkylation sites (tertiary alicyclic amines) is 1. The predicted octanol–water partition coefficient (Wildman–Crippen LogP) is 10.2. The molecule has 3 N–H and O–H groups in total. The van der Waals surface area contributed by atoms with Crippen LogP contribution in [0.5, 0.6) is 11.5 Å². The Bertz CT molecular complexity index is 2780. The molecule has 1 unspecified atom stereocenters. The van der Waals surface area contributed by atoms with E-state index < -0.39 is 12.1 Å². The minimum Gasteiger partial charge on any atom is -0.494 e. The molecule has 0 bridgehead atoms. The van der Waals surface area contributed by atoms with Crippen molar-refractivity contribution in [1.29, 1.82) is 0 Å². The van der Waals surface area contributed by atoms with Gasteiger partial charge in [0.1, 0.15) is 29.4 Å². The summed E-state index contributed by atoms with van der Waals surface area (Å²) in [5, 5.41) is 9.74. The Morgan fingerprint density at radius 2 is 1.59 bits per heavy atom. The van der Waals surface area contributed by atoms with Gasteiger partial charge in [-0.05, 0) is 141 Å². The molecule has 2 fully saturated rings. The van der Waals surface area contributed by atoms with Gasteiger partial charge in [-0.3, -0.25) is 19.2 Å². The number of anilines is 3. The third kappa shape index (κ3) is 15.8. The van der Waals surface area contributed by atoms with Crippen LogP contribution in [0.15, 0.2) is 82.9 Å². The van der Waals surface area contributed by atoms with Gasteiger partial charge in [0.25, 0.3) is 5.91 Å². The van der Waals surface area contributed by atoms with Crippen molar-refractivity contribution in [2.24, 2.45) is 11.8 Å². The van der Waals surface area contributed by atoms with E-state index >= 15 is 0 Å². The number of amides is 4. The number of carbonyl (C=O) groups excluding carboxylic acids is 4. The molecule has 0 radical (unpaired) electrons. The molecule has 3 aliphatic rings. The van der Waals surface area contributed by atoms with Crippen molar-refractivity contribution in [2.45, 2.75) is 117 Å². The molecular formula is C59H76BrN9O8S. The van der Waals surface area contributed by atoms with E-state index in [-0.39, 0.29) is 42.0 Å². The van der Waals surface area contributed by atoms with Crippen LogP contribution < -0.4 is 25.4 Å². The van der Waals surface area contributed by atoms with Crippen molar-refractivity contribution >= 4 is 68.3 Å². The largest absolute Gasteiger partial charge is 0.494 e. The lowest BCUT2D eigenvalue weighted by atomic mass is 9.84. The topological polar surface area (TPSA) is 190 Å². The molecule has 0 spiro atoms. The molecule has 4 amide bonds. The summed E-state index contributed by atoms with van der Waals surface area (Å²) < 4.78 is 24.9. The standard InChI is InChI=1S/C59H76BrN9O8S/c1-40(2)52(69-38-45-15-5-6-18-48(45)57(69)72)58(73)68-28-12-19-50(68)55(70)62-36-44-21-20-43(53-41(3)64-39-78-53)35-51(44)77-34-10-8-30-75-32-14-31-74-29-7-9-33-76-47-24-22-46(23-25-47)65-59-63-37-49(60)54(66-59)61-26-13-27-67(4)56(71)42-16-11-17-42/h5-6,15,18,20-25,35,37,39-40,42,50,52H,7-14,16-17,19,26-34,36,38H2,1-4H3,(H,62,70)(H2,61,63,65,66)/t50-,52?/m0/s1. The summed E-state index contributed by atoms with van der Waals surface area (Å²) in [6.07, 6.45) is 11.2. The number of aromatic nitrogens is 3. The van der Waals surface area contributed by atoms with Gasteiger partial charge >= 0.3 is 0 Å². The zero-order valence-corrected chi connectivity index (χ0v) is 48.0. The van der Waals surface area contributed by atoms with Gasteiger partial charge in [-0.15, -0.1) is 11.3 Å². The van der Waals surface area contributed by atoms with Crippen LogP contribution in [-0.2, 0) is 36.9 Å². The van der Waals surface area contributed by atoms with E-state index in [2.05, 4.69) is 46.8 Å². The van der Waals surface area contributed by atoms with E-state index in [0.29, 0.717) is 102 Å². The number of rotatable bonds is 31. The fraction of sp³-hybridized carbons (Fsp3) is 0.508. The first-order valence-corrected chi connectivity index (χ1v) is 29.4. The average Bonchev–Trinajstić information content (AvgIpc) is 4.25. The third-order valence-electron chi connectivity index (χ3n) is 14.6. The lowest BCUT2D eigenvalue weighted by Gasteiger charge is -2.35. The van der Waals surface area contributed by atoms with Gasteiger partial charge in [-0.1, -0.05) is 50.6 Å². The minimum atomic E-state index is -0.665. The molecule has 5 aromatic rings. The summed E-state index contributed by atoms with van der Waals surface area (Å²) in [5.41, 5.74) is 7.03. The molecule has 2 aliphatic heterocycles. The normalized spacial score (nSPS) is 15.5. The second-order valence-electron chi connectivity index (χ2n) is 20.7. The highest BCUT2D eigenvalue weighted by Crippen LogP contribution is 2.34. The molecule has 418 valence electrons. The van der Waals surface area contributed by atoms with Crippen LogP contribution in [0.4, 0.5) is 17.5 Å². The molecule has 8 rings (SSSR count). The molecule has 2 atom stereocenters. The van der Waals surface area contributed by atoms with Crippen molar-refractivity contribution in [3.63, 3.8) is 0 Å². The summed E-state index contributed by atoms with van der Waals surface area (Å²) in [4.78, 5) is 73.7. The summed E-state index contributed by atoms with van der Waals surface area (Å²) >= 11 is 5.11. The lowest BCUT2D eigenvalue weighted by molar-refractivity contribution is -0.143. The number of fused-ring (bicyclic) bond motifs is 1. The number of carbonyl (C=O) groups is 4. The van der Waals surface area contributed by atoms with Crippen LogP contribution >= 0.6 is 27.3 Å². The Morgan fingerprint density at radius 1 is 0.859 bits per heavy atom. The van der Waals surface area contributed by atoms with Gasteiger partial charge in [0.15, 0.2) is 0 Å². The monoisotopic (exact) mass is 1150 g/mol. The smallest absolute Gasteiger partial charge is 0.255 e. The highest BCUT2D eigenvalue weighted by molar-refractivity contribution is 9.10. The van der Waals surface area contributed by atoms with Crippen LogP contribution in [0.3, 0.4) is 0 Å². The zero-order valence-electron chi connectivity index (χ0n) is 45.6. The number of thiazole rings is 1. The van der Waals surface area contributed by atoms with Gasteiger partial charge in [0.05, 0.1) is 33.8 Å². The molecule has 17 nitrogen and oxygen atoms in total. The van der Waals surface area contributed by atoms with Crippen LogP contribution in [0.1, 0.15) is 112 Å². The summed E-state index contributed by atoms with van der Waals surface area (Å²) in [6.45, 7) is 12.0. The van der Waals surface area contributed by atoms with Crippen LogP contribution in [-0.4, -0.2) is 132 Å². The number of halogens is 1. The number of aryl methyl sites for hydroxylation is 1. The number of nitrogens with zero attached hydrogens (tertiary/aromatic N) is 6. The average molecular weight is 1150 g/mol. The fourth-order valence-corrected chi connectivity index (χ4v) is 11.1. The Labute approximate surface area is 471 Å². The second kappa shape index (κ2) is 29.2. The number of nitrogens with one attached hydrogen (secondary N) is 3. The number of unbranched alkanes of at least 4 members (excludes halogenated alkanes) is 2. The molecule has 78 heavy (non-hydrogen) atoms. The van der Waals surface area contributed by atoms with Crippen LogP contribution in [0, 0.1) is 18.8 Å². The summed E-state index contributed by atoms with van der Waals surface area (Å²) in [6, 6.07) is 20.0. The highest BCUT2D eigenvalue weighted by atomic mass is 79.9. The van der Waals surface area contributed by atoms with Crippen molar-refractivity contribution < 1.29 is 38.1 Å². The van der Waals surface area contributed by atoms with Gasteiger partial charge < -0.3 is 49.6 Å².